The lowest BCUT2D eigenvalue weighted by atomic mass is 10.0. The van der Waals surface area contributed by atoms with Crippen LogP contribution in [-0.2, 0) is 4.79 Å². The predicted molar refractivity (Wildman–Crippen MR) is 81.4 cm³/mol. The van der Waals surface area contributed by atoms with Crippen LogP contribution in [0.15, 0.2) is 18.2 Å². The summed E-state index contributed by atoms with van der Waals surface area (Å²) >= 11 is 0. The van der Waals surface area contributed by atoms with Crippen molar-refractivity contribution in [3.8, 4) is 5.75 Å². The van der Waals surface area contributed by atoms with E-state index >= 15 is 0 Å². The lowest BCUT2D eigenvalue weighted by Gasteiger charge is -2.33. The third-order valence-electron chi connectivity index (χ3n) is 3.77. The molecule has 0 spiro atoms. The van der Waals surface area contributed by atoms with Gasteiger partial charge in [-0.25, -0.2) is 0 Å². The molecule has 1 amide bonds. The molecule has 1 heterocycles. The van der Waals surface area contributed by atoms with Gasteiger partial charge in [0.1, 0.15) is 5.75 Å². The van der Waals surface area contributed by atoms with Gasteiger partial charge in [0.25, 0.3) is 0 Å². The SMILES string of the molecule is CCCNC1CCCN(c2ccc(OC)c(C)c2)C1=O. The molecule has 4 heteroatoms. The van der Waals surface area contributed by atoms with E-state index in [4.69, 9.17) is 4.74 Å². The number of benzene rings is 1. The molecule has 1 aliphatic rings. The van der Waals surface area contributed by atoms with Gasteiger partial charge in [0.2, 0.25) is 5.91 Å². The zero-order chi connectivity index (χ0) is 14.5. The van der Waals surface area contributed by atoms with Crippen molar-refractivity contribution in [1.82, 2.24) is 5.32 Å². The van der Waals surface area contributed by atoms with E-state index in [9.17, 15) is 4.79 Å². The topological polar surface area (TPSA) is 41.6 Å². The Morgan fingerprint density at radius 2 is 2.25 bits per heavy atom. The summed E-state index contributed by atoms with van der Waals surface area (Å²) in [4.78, 5) is 14.4. The fourth-order valence-corrected chi connectivity index (χ4v) is 2.67. The first-order valence-corrected chi connectivity index (χ1v) is 7.36. The minimum absolute atomic E-state index is 0.0360. The molecule has 1 saturated heterocycles. The molecule has 0 bridgehead atoms. The van der Waals surface area contributed by atoms with Crippen LogP contribution in [0.5, 0.6) is 5.75 Å². The summed E-state index contributed by atoms with van der Waals surface area (Å²) in [6, 6.07) is 5.89. The minimum Gasteiger partial charge on any atom is -0.496 e. The fraction of sp³-hybridized carbons (Fsp3) is 0.562. The summed E-state index contributed by atoms with van der Waals surface area (Å²) in [6.07, 6.45) is 3.02. The van der Waals surface area contributed by atoms with Gasteiger partial charge in [-0.2, -0.15) is 0 Å². The first-order valence-electron chi connectivity index (χ1n) is 7.36. The third kappa shape index (κ3) is 3.12. The maximum absolute atomic E-state index is 12.5. The minimum atomic E-state index is -0.0360. The van der Waals surface area contributed by atoms with Gasteiger partial charge in [-0.3, -0.25) is 4.79 Å². The number of aryl methyl sites for hydroxylation is 1. The van der Waals surface area contributed by atoms with Gasteiger partial charge in [0.15, 0.2) is 0 Å². The molecule has 1 atom stereocenters. The van der Waals surface area contributed by atoms with Crippen molar-refractivity contribution in [3.63, 3.8) is 0 Å². The molecule has 20 heavy (non-hydrogen) atoms. The Balaban J connectivity index is 2.14. The van der Waals surface area contributed by atoms with Gasteiger partial charge in [0.05, 0.1) is 13.2 Å². The van der Waals surface area contributed by atoms with E-state index in [1.807, 2.05) is 30.0 Å². The molecule has 2 rings (SSSR count). The highest BCUT2D eigenvalue weighted by Gasteiger charge is 2.29. The van der Waals surface area contributed by atoms with E-state index in [2.05, 4.69) is 12.2 Å². The van der Waals surface area contributed by atoms with Crippen LogP contribution in [0.1, 0.15) is 31.7 Å². The molecule has 0 aromatic heterocycles. The lowest BCUT2D eigenvalue weighted by Crippen LogP contribution is -2.51. The molecule has 1 N–H and O–H groups in total. The highest BCUT2D eigenvalue weighted by atomic mass is 16.5. The Hall–Kier alpha value is -1.55. The van der Waals surface area contributed by atoms with E-state index in [1.165, 1.54) is 0 Å². The zero-order valence-corrected chi connectivity index (χ0v) is 12.6. The molecule has 1 fully saturated rings. The van der Waals surface area contributed by atoms with Gasteiger partial charge >= 0.3 is 0 Å². The molecule has 1 aromatic rings. The molecular formula is C16H24N2O2. The van der Waals surface area contributed by atoms with Crippen molar-refractivity contribution in [2.75, 3.05) is 25.1 Å². The Labute approximate surface area is 121 Å². The second kappa shape index (κ2) is 6.75. The maximum Gasteiger partial charge on any atom is 0.244 e. The third-order valence-corrected chi connectivity index (χ3v) is 3.77. The van der Waals surface area contributed by atoms with Gasteiger partial charge in [0, 0.05) is 12.2 Å². The van der Waals surface area contributed by atoms with E-state index in [1.54, 1.807) is 7.11 Å². The van der Waals surface area contributed by atoms with Crippen molar-refractivity contribution < 1.29 is 9.53 Å². The fourth-order valence-electron chi connectivity index (χ4n) is 2.67. The smallest absolute Gasteiger partial charge is 0.244 e. The predicted octanol–water partition coefficient (Wildman–Crippen LogP) is 2.50. The molecule has 0 saturated carbocycles. The van der Waals surface area contributed by atoms with E-state index in [0.29, 0.717) is 0 Å². The molecule has 110 valence electrons. The number of anilines is 1. The molecular weight excluding hydrogens is 252 g/mol. The zero-order valence-electron chi connectivity index (χ0n) is 12.6. The van der Waals surface area contributed by atoms with Crippen LogP contribution in [0.25, 0.3) is 0 Å². The summed E-state index contributed by atoms with van der Waals surface area (Å²) in [5.41, 5.74) is 2.03. The van der Waals surface area contributed by atoms with Gasteiger partial charge in [-0.05, 0) is 56.5 Å². The van der Waals surface area contributed by atoms with Crippen LogP contribution >= 0.6 is 0 Å². The molecule has 1 aliphatic heterocycles. The van der Waals surface area contributed by atoms with Crippen molar-refractivity contribution >= 4 is 11.6 Å². The van der Waals surface area contributed by atoms with Crippen molar-refractivity contribution in [1.29, 1.82) is 0 Å². The molecule has 1 unspecified atom stereocenters. The van der Waals surface area contributed by atoms with E-state index in [0.717, 1.165) is 49.4 Å². The molecule has 0 radical (unpaired) electrons. The first-order chi connectivity index (χ1) is 9.67. The van der Waals surface area contributed by atoms with Gasteiger partial charge in [-0.15, -0.1) is 0 Å². The number of piperidine rings is 1. The highest BCUT2D eigenvalue weighted by Crippen LogP contribution is 2.27. The standard InChI is InChI=1S/C16H24N2O2/c1-4-9-17-14-6-5-10-18(16(14)19)13-7-8-15(20-3)12(2)11-13/h7-8,11,14,17H,4-6,9-10H2,1-3H3. The van der Waals surface area contributed by atoms with Crippen molar-refractivity contribution in [2.24, 2.45) is 0 Å². The number of carbonyl (C=O) groups is 1. The summed E-state index contributed by atoms with van der Waals surface area (Å²) in [6.45, 7) is 5.81. The summed E-state index contributed by atoms with van der Waals surface area (Å²) in [7, 11) is 1.67. The van der Waals surface area contributed by atoms with Crippen LogP contribution in [0.2, 0.25) is 0 Å². The van der Waals surface area contributed by atoms with Gasteiger partial charge in [-0.1, -0.05) is 6.92 Å². The largest absolute Gasteiger partial charge is 0.496 e. The normalized spacial score (nSPS) is 19.2. The number of nitrogens with zero attached hydrogens (tertiary/aromatic N) is 1. The second-order valence-electron chi connectivity index (χ2n) is 5.29. The summed E-state index contributed by atoms with van der Waals surface area (Å²) in [5, 5.41) is 3.34. The second-order valence-corrected chi connectivity index (χ2v) is 5.29. The Morgan fingerprint density at radius 3 is 2.90 bits per heavy atom. The summed E-state index contributed by atoms with van der Waals surface area (Å²) in [5.74, 6) is 1.05. The number of ether oxygens (including phenoxy) is 1. The average Bonchev–Trinajstić information content (AvgIpc) is 2.46. The highest BCUT2D eigenvalue weighted by molar-refractivity contribution is 5.98. The van der Waals surface area contributed by atoms with Gasteiger partial charge < -0.3 is 15.0 Å². The maximum atomic E-state index is 12.5. The van der Waals surface area contributed by atoms with E-state index < -0.39 is 0 Å². The Kier molecular flexibility index (Phi) is 5.01. The van der Waals surface area contributed by atoms with Crippen LogP contribution in [0, 0.1) is 6.92 Å². The first kappa shape index (κ1) is 14.9. The molecule has 4 nitrogen and oxygen atoms in total. The average molecular weight is 276 g/mol. The Bertz CT molecular complexity index is 474. The molecule has 1 aromatic carbocycles. The summed E-state index contributed by atoms with van der Waals surface area (Å²) < 4.78 is 5.27. The number of carbonyl (C=O) groups excluding carboxylic acids is 1. The van der Waals surface area contributed by atoms with E-state index in [-0.39, 0.29) is 11.9 Å². The number of amides is 1. The van der Waals surface area contributed by atoms with Crippen LogP contribution in [0.4, 0.5) is 5.69 Å². The van der Waals surface area contributed by atoms with Crippen molar-refractivity contribution in [2.45, 2.75) is 39.2 Å². The quantitative estimate of drug-likeness (QED) is 0.898. The van der Waals surface area contributed by atoms with Crippen molar-refractivity contribution in [3.05, 3.63) is 23.8 Å². The number of hydrogen-bond acceptors (Lipinski definition) is 3. The number of nitrogens with one attached hydrogen (secondary N) is 1. The number of methoxy groups -OCH3 is 1. The van der Waals surface area contributed by atoms with Crippen LogP contribution < -0.4 is 15.0 Å². The number of hydrogen-bond donors (Lipinski definition) is 1. The lowest BCUT2D eigenvalue weighted by molar-refractivity contribution is -0.121. The Morgan fingerprint density at radius 1 is 1.45 bits per heavy atom. The molecule has 0 aliphatic carbocycles. The number of rotatable bonds is 5. The van der Waals surface area contributed by atoms with Crippen LogP contribution in [-0.4, -0.2) is 32.1 Å². The monoisotopic (exact) mass is 276 g/mol. The van der Waals surface area contributed by atoms with Crippen LogP contribution in [0.3, 0.4) is 0 Å².